The lowest BCUT2D eigenvalue weighted by molar-refractivity contribution is 0.103. The average molecular weight is 199 g/mol. The minimum absolute atomic E-state index is 0.741. The van der Waals surface area contributed by atoms with Crippen LogP contribution in [-0.2, 0) is 4.74 Å². The van der Waals surface area contributed by atoms with Gasteiger partial charge in [-0.2, -0.15) is 0 Å². The predicted molar refractivity (Wildman–Crippen MR) is 60.5 cm³/mol. The standard InChI is InChI=1S/C12H25NO/c1-11(2)9-13-7-8-14-10-12-5-3-4-6-12/h11-13H,3-10H2,1-2H3. The van der Waals surface area contributed by atoms with Crippen molar-refractivity contribution in [3.8, 4) is 0 Å². The average Bonchev–Trinajstić information content (AvgIpc) is 2.63. The van der Waals surface area contributed by atoms with Crippen LogP contribution in [0.15, 0.2) is 0 Å². The molecule has 0 aliphatic heterocycles. The van der Waals surface area contributed by atoms with Crippen LogP contribution in [0.5, 0.6) is 0 Å². The van der Waals surface area contributed by atoms with Gasteiger partial charge in [-0.05, 0) is 31.2 Å². The van der Waals surface area contributed by atoms with E-state index in [1.54, 1.807) is 0 Å². The molecular weight excluding hydrogens is 174 g/mol. The zero-order chi connectivity index (χ0) is 10.2. The first kappa shape index (κ1) is 12.0. The normalized spacial score (nSPS) is 18.2. The lowest BCUT2D eigenvalue weighted by Crippen LogP contribution is -2.24. The second-order valence-corrected chi connectivity index (χ2v) is 4.82. The van der Waals surface area contributed by atoms with Crippen LogP contribution in [0.4, 0.5) is 0 Å². The fourth-order valence-corrected chi connectivity index (χ4v) is 1.96. The molecule has 0 saturated heterocycles. The first-order valence-corrected chi connectivity index (χ1v) is 6.07. The van der Waals surface area contributed by atoms with Crippen LogP contribution in [0.1, 0.15) is 39.5 Å². The maximum atomic E-state index is 5.64. The van der Waals surface area contributed by atoms with Crippen LogP contribution in [0, 0.1) is 11.8 Å². The second-order valence-electron chi connectivity index (χ2n) is 4.82. The number of hydrogen-bond donors (Lipinski definition) is 1. The van der Waals surface area contributed by atoms with Crippen molar-refractivity contribution in [2.24, 2.45) is 11.8 Å². The van der Waals surface area contributed by atoms with Gasteiger partial charge in [0.1, 0.15) is 0 Å². The van der Waals surface area contributed by atoms with Gasteiger partial charge in [-0.3, -0.25) is 0 Å². The summed E-state index contributed by atoms with van der Waals surface area (Å²) in [5, 5.41) is 3.39. The Morgan fingerprint density at radius 2 is 2.00 bits per heavy atom. The SMILES string of the molecule is CC(C)CNCCOCC1CCCC1. The Morgan fingerprint density at radius 3 is 2.64 bits per heavy atom. The molecule has 1 aliphatic rings. The van der Waals surface area contributed by atoms with E-state index in [2.05, 4.69) is 19.2 Å². The summed E-state index contributed by atoms with van der Waals surface area (Å²) in [6.45, 7) is 8.43. The fourth-order valence-electron chi connectivity index (χ4n) is 1.96. The number of rotatable bonds is 7. The molecule has 0 heterocycles. The van der Waals surface area contributed by atoms with E-state index in [-0.39, 0.29) is 0 Å². The molecule has 84 valence electrons. The van der Waals surface area contributed by atoms with Gasteiger partial charge < -0.3 is 10.1 Å². The van der Waals surface area contributed by atoms with Crippen LogP contribution in [0.3, 0.4) is 0 Å². The summed E-state index contributed by atoms with van der Waals surface area (Å²) in [5.41, 5.74) is 0. The summed E-state index contributed by atoms with van der Waals surface area (Å²) in [7, 11) is 0. The van der Waals surface area contributed by atoms with E-state index < -0.39 is 0 Å². The molecule has 1 rings (SSSR count). The van der Waals surface area contributed by atoms with E-state index in [4.69, 9.17) is 4.74 Å². The highest BCUT2D eigenvalue weighted by atomic mass is 16.5. The van der Waals surface area contributed by atoms with Crippen molar-refractivity contribution in [2.45, 2.75) is 39.5 Å². The van der Waals surface area contributed by atoms with Gasteiger partial charge in [-0.25, -0.2) is 0 Å². The molecule has 0 spiro atoms. The molecule has 0 atom stereocenters. The van der Waals surface area contributed by atoms with Gasteiger partial charge in [0.25, 0.3) is 0 Å². The molecule has 0 aromatic rings. The molecule has 14 heavy (non-hydrogen) atoms. The van der Waals surface area contributed by atoms with Gasteiger partial charge in [0.2, 0.25) is 0 Å². The lowest BCUT2D eigenvalue weighted by Gasteiger charge is -2.11. The molecule has 0 aromatic carbocycles. The first-order chi connectivity index (χ1) is 6.79. The first-order valence-electron chi connectivity index (χ1n) is 6.07. The topological polar surface area (TPSA) is 21.3 Å². The highest BCUT2D eigenvalue weighted by molar-refractivity contribution is 4.66. The minimum atomic E-state index is 0.741. The van der Waals surface area contributed by atoms with E-state index in [1.807, 2.05) is 0 Å². The summed E-state index contributed by atoms with van der Waals surface area (Å²) >= 11 is 0. The molecule has 0 amide bonds. The van der Waals surface area contributed by atoms with Gasteiger partial charge >= 0.3 is 0 Å². The maximum absolute atomic E-state index is 5.64. The third kappa shape index (κ3) is 5.61. The lowest BCUT2D eigenvalue weighted by atomic mass is 10.1. The van der Waals surface area contributed by atoms with Crippen molar-refractivity contribution in [3.63, 3.8) is 0 Å². The highest BCUT2D eigenvalue weighted by Gasteiger charge is 2.14. The van der Waals surface area contributed by atoms with Crippen molar-refractivity contribution >= 4 is 0 Å². The van der Waals surface area contributed by atoms with Crippen molar-refractivity contribution < 1.29 is 4.74 Å². The van der Waals surface area contributed by atoms with Crippen molar-refractivity contribution in [1.29, 1.82) is 0 Å². The zero-order valence-corrected chi connectivity index (χ0v) is 9.72. The predicted octanol–water partition coefficient (Wildman–Crippen LogP) is 2.44. The summed E-state index contributed by atoms with van der Waals surface area (Å²) in [5.74, 6) is 1.60. The Balaban J connectivity index is 1.79. The third-order valence-corrected chi connectivity index (χ3v) is 2.80. The molecule has 1 saturated carbocycles. The Morgan fingerprint density at radius 1 is 1.29 bits per heavy atom. The van der Waals surface area contributed by atoms with Crippen LogP contribution in [-0.4, -0.2) is 26.3 Å². The van der Waals surface area contributed by atoms with E-state index >= 15 is 0 Å². The Bertz CT molecular complexity index is 130. The van der Waals surface area contributed by atoms with Crippen LogP contribution in [0.25, 0.3) is 0 Å². The highest BCUT2D eigenvalue weighted by Crippen LogP contribution is 2.24. The Labute approximate surface area is 88.4 Å². The van der Waals surface area contributed by atoms with Crippen molar-refractivity contribution in [3.05, 3.63) is 0 Å². The summed E-state index contributed by atoms with van der Waals surface area (Å²) < 4.78 is 5.64. The molecule has 2 nitrogen and oxygen atoms in total. The van der Waals surface area contributed by atoms with E-state index in [9.17, 15) is 0 Å². The molecule has 0 radical (unpaired) electrons. The van der Waals surface area contributed by atoms with E-state index in [0.717, 1.165) is 38.1 Å². The van der Waals surface area contributed by atoms with Gasteiger partial charge in [-0.15, -0.1) is 0 Å². The molecule has 0 unspecified atom stereocenters. The van der Waals surface area contributed by atoms with E-state index in [1.165, 1.54) is 25.7 Å². The van der Waals surface area contributed by atoms with Crippen LogP contribution >= 0.6 is 0 Å². The third-order valence-electron chi connectivity index (χ3n) is 2.80. The number of nitrogens with one attached hydrogen (secondary N) is 1. The monoisotopic (exact) mass is 199 g/mol. The minimum Gasteiger partial charge on any atom is -0.380 e. The van der Waals surface area contributed by atoms with Gasteiger partial charge in [0.15, 0.2) is 0 Å². The number of hydrogen-bond acceptors (Lipinski definition) is 2. The maximum Gasteiger partial charge on any atom is 0.0591 e. The number of ether oxygens (including phenoxy) is 1. The molecule has 1 aliphatic carbocycles. The molecule has 0 aromatic heterocycles. The molecule has 1 N–H and O–H groups in total. The van der Waals surface area contributed by atoms with Gasteiger partial charge in [0, 0.05) is 13.2 Å². The largest absolute Gasteiger partial charge is 0.380 e. The molecule has 1 fully saturated rings. The van der Waals surface area contributed by atoms with E-state index in [0.29, 0.717) is 0 Å². The van der Waals surface area contributed by atoms with Gasteiger partial charge in [0.05, 0.1) is 6.61 Å². The Hall–Kier alpha value is -0.0800. The summed E-state index contributed by atoms with van der Waals surface area (Å²) in [4.78, 5) is 0. The molecule has 0 bridgehead atoms. The van der Waals surface area contributed by atoms with Crippen molar-refractivity contribution in [2.75, 3.05) is 26.3 Å². The van der Waals surface area contributed by atoms with Gasteiger partial charge in [-0.1, -0.05) is 26.7 Å². The second kappa shape index (κ2) is 7.24. The quantitative estimate of drug-likeness (QED) is 0.636. The molecule has 2 heteroatoms. The Kier molecular flexibility index (Phi) is 6.20. The molecular formula is C12H25NO. The zero-order valence-electron chi connectivity index (χ0n) is 9.72. The van der Waals surface area contributed by atoms with Crippen molar-refractivity contribution in [1.82, 2.24) is 5.32 Å². The van der Waals surface area contributed by atoms with Crippen LogP contribution < -0.4 is 5.32 Å². The summed E-state index contributed by atoms with van der Waals surface area (Å²) in [6.07, 6.45) is 5.61. The van der Waals surface area contributed by atoms with Crippen LogP contribution in [0.2, 0.25) is 0 Å². The fraction of sp³-hybridized carbons (Fsp3) is 1.00. The smallest absolute Gasteiger partial charge is 0.0591 e. The summed E-state index contributed by atoms with van der Waals surface area (Å²) in [6, 6.07) is 0.